The molecule has 4 nitrogen and oxygen atoms in total. The molecular formula is C8H14N2O2. The minimum Gasteiger partial charge on any atom is -0.380 e. The van der Waals surface area contributed by atoms with Crippen molar-refractivity contribution < 1.29 is 9.47 Å². The molecule has 0 bridgehead atoms. The monoisotopic (exact) mass is 170 g/mol. The molecule has 0 aromatic carbocycles. The van der Waals surface area contributed by atoms with Crippen molar-refractivity contribution in [2.24, 2.45) is 5.41 Å². The van der Waals surface area contributed by atoms with Crippen LogP contribution in [0.3, 0.4) is 0 Å². The standard InChI is InChI=1S/C8H14N2O2/c1-7(4-11-5-7)6-12-8(10-1)2-9-3-8/h9-10H,1-6H2. The molecule has 3 heterocycles. The van der Waals surface area contributed by atoms with E-state index in [1.54, 1.807) is 0 Å². The highest BCUT2D eigenvalue weighted by molar-refractivity contribution is 5.01. The van der Waals surface area contributed by atoms with Crippen molar-refractivity contribution in [2.75, 3.05) is 39.5 Å². The van der Waals surface area contributed by atoms with Gasteiger partial charge in [0.15, 0.2) is 0 Å². The third-order valence-corrected chi connectivity index (χ3v) is 3.08. The van der Waals surface area contributed by atoms with Crippen molar-refractivity contribution in [3.05, 3.63) is 0 Å². The molecule has 2 spiro atoms. The van der Waals surface area contributed by atoms with E-state index in [2.05, 4.69) is 10.6 Å². The summed E-state index contributed by atoms with van der Waals surface area (Å²) in [5.74, 6) is 0. The number of hydrogen-bond acceptors (Lipinski definition) is 4. The summed E-state index contributed by atoms with van der Waals surface area (Å²) in [6.45, 7) is 5.54. The van der Waals surface area contributed by atoms with Gasteiger partial charge in [-0.25, -0.2) is 0 Å². The fourth-order valence-corrected chi connectivity index (χ4v) is 1.90. The molecule has 3 aliphatic heterocycles. The van der Waals surface area contributed by atoms with E-state index in [1.807, 2.05) is 0 Å². The fourth-order valence-electron chi connectivity index (χ4n) is 1.90. The first-order chi connectivity index (χ1) is 5.83. The number of hydrogen-bond donors (Lipinski definition) is 2. The van der Waals surface area contributed by atoms with Crippen molar-refractivity contribution in [3.8, 4) is 0 Å². The van der Waals surface area contributed by atoms with Gasteiger partial charge in [0.25, 0.3) is 0 Å². The van der Waals surface area contributed by atoms with Crippen LogP contribution < -0.4 is 10.6 Å². The maximum absolute atomic E-state index is 5.81. The predicted molar refractivity (Wildman–Crippen MR) is 42.8 cm³/mol. The first-order valence-corrected chi connectivity index (χ1v) is 4.50. The molecule has 3 aliphatic rings. The average Bonchev–Trinajstić information content (AvgIpc) is 1.99. The SMILES string of the molecule is C1NC2(CNC2)OCC12COC2. The summed E-state index contributed by atoms with van der Waals surface area (Å²) in [6, 6.07) is 0. The second-order valence-corrected chi connectivity index (χ2v) is 4.23. The van der Waals surface area contributed by atoms with Crippen LogP contribution in [0.1, 0.15) is 0 Å². The molecule has 3 rings (SSSR count). The minimum atomic E-state index is -0.0269. The molecule has 68 valence electrons. The molecule has 0 unspecified atom stereocenters. The van der Waals surface area contributed by atoms with Gasteiger partial charge in [-0.05, 0) is 0 Å². The molecule has 0 aliphatic carbocycles. The lowest BCUT2D eigenvalue weighted by Crippen LogP contribution is -2.75. The highest BCUT2D eigenvalue weighted by atomic mass is 16.5. The Morgan fingerprint density at radius 1 is 1.00 bits per heavy atom. The normalized spacial score (nSPS) is 36.0. The van der Waals surface area contributed by atoms with E-state index in [9.17, 15) is 0 Å². The van der Waals surface area contributed by atoms with Crippen LogP contribution in [0.2, 0.25) is 0 Å². The number of ether oxygens (including phenoxy) is 2. The number of rotatable bonds is 0. The van der Waals surface area contributed by atoms with Crippen LogP contribution in [0.4, 0.5) is 0 Å². The molecular weight excluding hydrogens is 156 g/mol. The van der Waals surface area contributed by atoms with Crippen LogP contribution in [0.15, 0.2) is 0 Å². The Hall–Kier alpha value is -0.160. The van der Waals surface area contributed by atoms with Gasteiger partial charge in [0, 0.05) is 19.6 Å². The highest BCUT2D eigenvalue weighted by Gasteiger charge is 2.49. The van der Waals surface area contributed by atoms with Crippen molar-refractivity contribution >= 4 is 0 Å². The van der Waals surface area contributed by atoms with Crippen LogP contribution >= 0.6 is 0 Å². The second-order valence-electron chi connectivity index (χ2n) is 4.23. The molecule has 3 saturated heterocycles. The lowest BCUT2D eigenvalue weighted by atomic mass is 9.84. The highest BCUT2D eigenvalue weighted by Crippen LogP contribution is 2.33. The first kappa shape index (κ1) is 7.26. The molecule has 0 aromatic rings. The Labute approximate surface area is 71.6 Å². The molecule has 3 fully saturated rings. The molecule has 0 radical (unpaired) electrons. The second kappa shape index (κ2) is 2.20. The zero-order valence-electron chi connectivity index (χ0n) is 7.06. The Kier molecular flexibility index (Phi) is 1.33. The molecule has 4 heteroatoms. The Morgan fingerprint density at radius 2 is 1.83 bits per heavy atom. The van der Waals surface area contributed by atoms with E-state index in [0.717, 1.165) is 39.5 Å². The van der Waals surface area contributed by atoms with Crippen molar-refractivity contribution in [1.82, 2.24) is 10.6 Å². The van der Waals surface area contributed by atoms with Gasteiger partial charge in [-0.3, -0.25) is 5.32 Å². The Balaban J connectivity index is 1.65. The Morgan fingerprint density at radius 3 is 2.17 bits per heavy atom. The first-order valence-electron chi connectivity index (χ1n) is 4.50. The van der Waals surface area contributed by atoms with Gasteiger partial charge in [-0.1, -0.05) is 0 Å². The lowest BCUT2D eigenvalue weighted by molar-refractivity contribution is -0.232. The smallest absolute Gasteiger partial charge is 0.144 e. The van der Waals surface area contributed by atoms with Gasteiger partial charge in [0.2, 0.25) is 0 Å². The molecule has 0 aromatic heterocycles. The molecule has 0 atom stereocenters. The van der Waals surface area contributed by atoms with Crippen molar-refractivity contribution in [2.45, 2.75) is 5.72 Å². The van der Waals surface area contributed by atoms with E-state index in [1.165, 1.54) is 0 Å². The summed E-state index contributed by atoms with van der Waals surface area (Å²) in [6.07, 6.45) is 0. The third-order valence-electron chi connectivity index (χ3n) is 3.08. The third kappa shape index (κ3) is 0.864. The van der Waals surface area contributed by atoms with Gasteiger partial charge in [-0.2, -0.15) is 0 Å². The van der Waals surface area contributed by atoms with Gasteiger partial charge in [0.1, 0.15) is 5.72 Å². The van der Waals surface area contributed by atoms with Crippen molar-refractivity contribution in [1.29, 1.82) is 0 Å². The van der Waals surface area contributed by atoms with Crippen LogP contribution in [0.5, 0.6) is 0 Å². The summed E-state index contributed by atoms with van der Waals surface area (Å²) in [4.78, 5) is 0. The van der Waals surface area contributed by atoms with Gasteiger partial charge in [0.05, 0.1) is 25.2 Å². The summed E-state index contributed by atoms with van der Waals surface area (Å²) in [5, 5.41) is 6.68. The fraction of sp³-hybridized carbons (Fsp3) is 1.00. The van der Waals surface area contributed by atoms with Crippen LogP contribution in [-0.2, 0) is 9.47 Å². The average molecular weight is 170 g/mol. The van der Waals surface area contributed by atoms with E-state index in [0.29, 0.717) is 5.41 Å². The summed E-state index contributed by atoms with van der Waals surface area (Å²) < 4.78 is 11.0. The van der Waals surface area contributed by atoms with Gasteiger partial charge >= 0.3 is 0 Å². The van der Waals surface area contributed by atoms with Crippen LogP contribution in [0.25, 0.3) is 0 Å². The van der Waals surface area contributed by atoms with Gasteiger partial charge in [-0.15, -0.1) is 0 Å². The summed E-state index contributed by atoms with van der Waals surface area (Å²) in [7, 11) is 0. The number of nitrogens with one attached hydrogen (secondary N) is 2. The largest absolute Gasteiger partial charge is 0.380 e. The van der Waals surface area contributed by atoms with Crippen molar-refractivity contribution in [3.63, 3.8) is 0 Å². The molecule has 0 saturated carbocycles. The Bertz CT molecular complexity index is 165. The van der Waals surface area contributed by atoms with Crippen LogP contribution in [-0.4, -0.2) is 45.2 Å². The van der Waals surface area contributed by atoms with E-state index in [-0.39, 0.29) is 5.72 Å². The zero-order chi connectivity index (χ0) is 8.07. The summed E-state index contributed by atoms with van der Waals surface area (Å²) in [5.41, 5.74) is 0.279. The van der Waals surface area contributed by atoms with E-state index in [4.69, 9.17) is 9.47 Å². The molecule has 0 amide bonds. The molecule has 2 N–H and O–H groups in total. The summed E-state index contributed by atoms with van der Waals surface area (Å²) >= 11 is 0. The quantitative estimate of drug-likeness (QED) is 0.485. The topological polar surface area (TPSA) is 42.5 Å². The minimum absolute atomic E-state index is 0.0269. The van der Waals surface area contributed by atoms with Gasteiger partial charge < -0.3 is 14.8 Å². The zero-order valence-corrected chi connectivity index (χ0v) is 7.06. The van der Waals surface area contributed by atoms with E-state index >= 15 is 0 Å². The maximum Gasteiger partial charge on any atom is 0.144 e. The van der Waals surface area contributed by atoms with E-state index < -0.39 is 0 Å². The van der Waals surface area contributed by atoms with Crippen LogP contribution in [0, 0.1) is 5.41 Å². The lowest BCUT2D eigenvalue weighted by Gasteiger charge is -2.54. The molecule has 12 heavy (non-hydrogen) atoms. The maximum atomic E-state index is 5.81. The predicted octanol–water partition coefficient (Wildman–Crippen LogP) is -1.08.